The van der Waals surface area contributed by atoms with Crippen molar-refractivity contribution in [3.63, 3.8) is 0 Å². The van der Waals surface area contributed by atoms with Crippen LogP contribution in [0.2, 0.25) is 0 Å². The first-order valence-corrected chi connectivity index (χ1v) is 25.4. The van der Waals surface area contributed by atoms with Crippen LogP contribution in [-0.4, -0.2) is 73.4 Å². The van der Waals surface area contributed by atoms with Gasteiger partial charge in [0, 0.05) is 6.42 Å². The van der Waals surface area contributed by atoms with Gasteiger partial charge >= 0.3 is 7.82 Å². The number of phosphoric ester groups is 1. The van der Waals surface area contributed by atoms with E-state index in [0.717, 1.165) is 70.6 Å². The van der Waals surface area contributed by atoms with Crippen LogP contribution in [0.25, 0.3) is 0 Å². The molecule has 0 radical (unpaired) electrons. The molecular formula is C51H92N2O6P+. The van der Waals surface area contributed by atoms with Gasteiger partial charge in [0.2, 0.25) is 5.91 Å². The molecule has 3 unspecified atom stereocenters. The zero-order valence-electron chi connectivity index (χ0n) is 39.2. The van der Waals surface area contributed by atoms with Gasteiger partial charge in [-0.05, 0) is 64.2 Å². The summed E-state index contributed by atoms with van der Waals surface area (Å²) in [7, 11) is 1.56. The van der Waals surface area contributed by atoms with Crippen molar-refractivity contribution >= 4 is 13.7 Å². The molecule has 0 saturated heterocycles. The number of carbonyl (C=O) groups is 1. The second-order valence-corrected chi connectivity index (χ2v) is 18.6. The largest absolute Gasteiger partial charge is 0.472 e. The van der Waals surface area contributed by atoms with Gasteiger partial charge in [-0.3, -0.25) is 13.8 Å². The number of allylic oxidation sites excluding steroid dienone is 14. The van der Waals surface area contributed by atoms with E-state index in [-0.39, 0.29) is 19.1 Å². The van der Waals surface area contributed by atoms with E-state index in [1.807, 2.05) is 21.1 Å². The van der Waals surface area contributed by atoms with Crippen LogP contribution in [-0.2, 0) is 18.4 Å². The van der Waals surface area contributed by atoms with E-state index in [1.165, 1.54) is 77.0 Å². The summed E-state index contributed by atoms with van der Waals surface area (Å²) < 4.78 is 23.6. The Labute approximate surface area is 369 Å². The Bertz CT molecular complexity index is 1250. The third-order valence-electron chi connectivity index (χ3n) is 10.2. The molecule has 9 heteroatoms. The standard InChI is InChI=1S/C51H91N2O6P/c1-6-8-10-12-14-16-18-20-22-23-24-25-26-27-28-29-31-33-35-37-39-41-43-45-51(55)52-49(48-59-60(56,57)58-47-46-53(3,4)5)50(54)44-42-40-38-36-34-32-30-21-19-17-15-13-11-9-7-2/h8,10,14,16,20,22,24-25,27-28,31,33,37,39,49-50,54H,6-7,9,11-13,15,17-19,21,23,26,29-30,32,34-36,38,40-48H2,1-5H3,(H-,52,55,56,57)/p+1/b10-8-,16-14-,22-20-,25-24-,28-27-,33-31-,39-37-. The number of nitrogens with zero attached hydrogens (tertiary/aromatic N) is 1. The molecule has 0 spiro atoms. The van der Waals surface area contributed by atoms with Crippen molar-refractivity contribution in [2.75, 3.05) is 40.9 Å². The molecule has 3 atom stereocenters. The lowest BCUT2D eigenvalue weighted by atomic mass is 10.0. The van der Waals surface area contributed by atoms with Crippen molar-refractivity contribution < 1.29 is 32.9 Å². The third-order valence-corrected chi connectivity index (χ3v) is 11.1. The van der Waals surface area contributed by atoms with Crippen molar-refractivity contribution in [2.45, 2.75) is 193 Å². The lowest BCUT2D eigenvalue weighted by Crippen LogP contribution is -2.46. The predicted molar refractivity (Wildman–Crippen MR) is 258 cm³/mol. The molecule has 346 valence electrons. The number of hydrogen-bond acceptors (Lipinski definition) is 5. The van der Waals surface area contributed by atoms with Crippen molar-refractivity contribution in [1.29, 1.82) is 0 Å². The average molecular weight is 860 g/mol. The normalized spacial score (nSPS) is 15.0. The molecule has 0 bridgehead atoms. The monoisotopic (exact) mass is 860 g/mol. The molecule has 0 saturated carbocycles. The van der Waals surface area contributed by atoms with Crippen molar-refractivity contribution in [2.24, 2.45) is 0 Å². The van der Waals surface area contributed by atoms with Crippen LogP contribution in [0.3, 0.4) is 0 Å². The molecule has 0 aromatic rings. The van der Waals surface area contributed by atoms with Crippen LogP contribution in [0.5, 0.6) is 0 Å². The molecule has 8 nitrogen and oxygen atoms in total. The highest BCUT2D eigenvalue weighted by atomic mass is 31.2. The number of carbonyl (C=O) groups excluding carboxylic acids is 1. The van der Waals surface area contributed by atoms with Crippen LogP contribution in [0.15, 0.2) is 85.1 Å². The minimum Gasteiger partial charge on any atom is -0.391 e. The predicted octanol–water partition coefficient (Wildman–Crippen LogP) is 13.7. The molecule has 3 N–H and O–H groups in total. The number of likely N-dealkylation sites (N-methyl/N-ethyl adjacent to an activating group) is 1. The Balaban J connectivity index is 4.45. The van der Waals surface area contributed by atoms with E-state index in [9.17, 15) is 19.4 Å². The highest BCUT2D eigenvalue weighted by Gasteiger charge is 2.28. The Kier molecular flexibility index (Phi) is 40.4. The maximum atomic E-state index is 12.9. The van der Waals surface area contributed by atoms with E-state index in [4.69, 9.17) is 9.05 Å². The second-order valence-electron chi connectivity index (χ2n) is 17.1. The van der Waals surface area contributed by atoms with Crippen molar-refractivity contribution in [3.8, 4) is 0 Å². The van der Waals surface area contributed by atoms with E-state index in [1.54, 1.807) is 0 Å². The van der Waals surface area contributed by atoms with Gasteiger partial charge in [0.05, 0.1) is 39.9 Å². The molecule has 1 amide bonds. The number of aliphatic hydroxyl groups excluding tert-OH is 1. The number of rotatable bonds is 42. The van der Waals surface area contributed by atoms with Crippen LogP contribution in [0.4, 0.5) is 0 Å². The summed E-state index contributed by atoms with van der Waals surface area (Å²) in [6, 6.07) is -0.796. The van der Waals surface area contributed by atoms with Gasteiger partial charge in [0.15, 0.2) is 0 Å². The summed E-state index contributed by atoms with van der Waals surface area (Å²) in [5, 5.41) is 13.9. The maximum Gasteiger partial charge on any atom is 0.472 e. The smallest absolute Gasteiger partial charge is 0.391 e. The minimum absolute atomic E-state index is 0.0591. The Hall–Kier alpha value is -2.32. The fourth-order valence-electron chi connectivity index (χ4n) is 6.39. The summed E-state index contributed by atoms with van der Waals surface area (Å²) in [5.74, 6) is -0.205. The van der Waals surface area contributed by atoms with Gasteiger partial charge in [0.25, 0.3) is 0 Å². The lowest BCUT2D eigenvalue weighted by molar-refractivity contribution is -0.870. The molecule has 0 heterocycles. The number of aliphatic hydroxyl groups is 1. The maximum absolute atomic E-state index is 12.9. The molecule has 0 aromatic heterocycles. The number of unbranched alkanes of at least 4 members (excludes halogenated alkanes) is 15. The number of amides is 1. The van der Waals surface area contributed by atoms with Crippen LogP contribution < -0.4 is 5.32 Å². The molecule has 0 aliphatic carbocycles. The zero-order valence-corrected chi connectivity index (χ0v) is 40.1. The van der Waals surface area contributed by atoms with E-state index in [2.05, 4.69) is 104 Å². The van der Waals surface area contributed by atoms with Crippen LogP contribution in [0, 0.1) is 0 Å². The lowest BCUT2D eigenvalue weighted by Gasteiger charge is -2.26. The SMILES string of the molecule is CC/C=C\C/C=C\C/C=C\C/C=C\C/C=C\C/C=C\C/C=C\CCCC(=O)NC(COP(=O)(O)OCC[N+](C)(C)C)C(O)CCCCCCCCCCCCCCCCC. The number of quaternary nitrogens is 1. The van der Waals surface area contributed by atoms with Gasteiger partial charge in [-0.15, -0.1) is 0 Å². The Morgan fingerprint density at radius 3 is 1.40 bits per heavy atom. The molecule has 0 aliphatic rings. The molecule has 60 heavy (non-hydrogen) atoms. The fraction of sp³-hybridized carbons (Fsp3) is 0.706. The average Bonchev–Trinajstić information content (AvgIpc) is 3.20. The molecule has 0 aliphatic heterocycles. The number of phosphoric acid groups is 1. The van der Waals surface area contributed by atoms with E-state index in [0.29, 0.717) is 30.3 Å². The van der Waals surface area contributed by atoms with Gasteiger partial charge in [-0.25, -0.2) is 4.57 Å². The first-order valence-electron chi connectivity index (χ1n) is 24.0. The van der Waals surface area contributed by atoms with Gasteiger partial charge in [-0.2, -0.15) is 0 Å². The van der Waals surface area contributed by atoms with E-state index < -0.39 is 20.0 Å². The quantitative estimate of drug-likeness (QED) is 0.0244. The molecule has 0 fully saturated rings. The van der Waals surface area contributed by atoms with Crippen LogP contribution in [0.1, 0.15) is 181 Å². The Morgan fingerprint density at radius 1 is 0.583 bits per heavy atom. The first kappa shape index (κ1) is 57.7. The molecule has 0 aromatic carbocycles. The van der Waals surface area contributed by atoms with Gasteiger partial charge in [0.1, 0.15) is 13.2 Å². The van der Waals surface area contributed by atoms with Gasteiger partial charge in [-0.1, -0.05) is 195 Å². The van der Waals surface area contributed by atoms with Crippen molar-refractivity contribution in [1.82, 2.24) is 5.32 Å². The highest BCUT2D eigenvalue weighted by Crippen LogP contribution is 2.43. The molecular weight excluding hydrogens is 768 g/mol. The summed E-state index contributed by atoms with van der Waals surface area (Å²) in [4.78, 5) is 23.2. The molecule has 0 rings (SSSR count). The topological polar surface area (TPSA) is 105 Å². The highest BCUT2D eigenvalue weighted by molar-refractivity contribution is 7.47. The van der Waals surface area contributed by atoms with Crippen molar-refractivity contribution in [3.05, 3.63) is 85.1 Å². The zero-order chi connectivity index (χ0) is 44.3. The second kappa shape index (κ2) is 42.0. The third kappa shape index (κ3) is 43.8. The fourth-order valence-corrected chi connectivity index (χ4v) is 7.12. The summed E-state index contributed by atoms with van der Waals surface area (Å²) >= 11 is 0. The Morgan fingerprint density at radius 2 is 0.983 bits per heavy atom. The number of nitrogens with one attached hydrogen (secondary N) is 1. The first-order chi connectivity index (χ1) is 29.0. The summed E-state index contributed by atoms with van der Waals surface area (Å²) in [6.45, 7) is 4.71. The van der Waals surface area contributed by atoms with E-state index >= 15 is 0 Å². The number of hydrogen-bond donors (Lipinski definition) is 3. The van der Waals surface area contributed by atoms with Gasteiger partial charge < -0.3 is 19.8 Å². The minimum atomic E-state index is -4.34. The summed E-state index contributed by atoms with van der Waals surface area (Å²) in [6.07, 6.45) is 57.6. The van der Waals surface area contributed by atoms with Crippen LogP contribution >= 0.6 is 7.82 Å². The summed E-state index contributed by atoms with van der Waals surface area (Å²) in [5.41, 5.74) is 0.